The molecule has 0 spiro atoms. The fourth-order valence-electron chi connectivity index (χ4n) is 2.27. The Kier molecular flexibility index (Phi) is 3.35. The summed E-state index contributed by atoms with van der Waals surface area (Å²) in [6, 6.07) is 13.4. The van der Waals surface area contributed by atoms with Gasteiger partial charge in [0, 0.05) is 16.2 Å². The molecule has 110 valence electrons. The van der Waals surface area contributed by atoms with Crippen molar-refractivity contribution in [2.24, 2.45) is 5.11 Å². The second-order valence-electron chi connectivity index (χ2n) is 6.19. The quantitative estimate of drug-likeness (QED) is 0.343. The molecule has 0 saturated heterocycles. The third kappa shape index (κ3) is 2.67. The highest BCUT2D eigenvalue weighted by Gasteiger charge is 2.14. The van der Waals surface area contributed by atoms with E-state index in [0.717, 1.165) is 5.56 Å². The van der Waals surface area contributed by atoms with E-state index in [2.05, 4.69) is 47.9 Å². The minimum atomic E-state index is 0.115. The SMILES string of the molecule is CC(C)(C)c1ccc(-c2nc3cc(N=[N+]=[N-])ccc3o2)cc1. The molecule has 0 amide bonds. The van der Waals surface area contributed by atoms with Gasteiger partial charge in [-0.1, -0.05) is 38.0 Å². The van der Waals surface area contributed by atoms with Crippen molar-refractivity contribution < 1.29 is 4.42 Å². The first-order valence-corrected chi connectivity index (χ1v) is 7.04. The molecular weight excluding hydrogens is 276 g/mol. The fraction of sp³-hybridized carbons (Fsp3) is 0.235. The van der Waals surface area contributed by atoms with Crippen molar-refractivity contribution in [1.29, 1.82) is 0 Å². The third-order valence-corrected chi connectivity index (χ3v) is 3.53. The van der Waals surface area contributed by atoms with Gasteiger partial charge in [0.25, 0.3) is 0 Å². The van der Waals surface area contributed by atoms with E-state index in [0.29, 0.717) is 22.7 Å². The summed E-state index contributed by atoms with van der Waals surface area (Å²) in [4.78, 5) is 7.24. The maximum atomic E-state index is 8.48. The Hall–Kier alpha value is -2.78. The second-order valence-corrected chi connectivity index (χ2v) is 6.19. The molecule has 1 aromatic heterocycles. The Balaban J connectivity index is 2.01. The molecule has 0 N–H and O–H groups in total. The minimum Gasteiger partial charge on any atom is -0.436 e. The maximum Gasteiger partial charge on any atom is 0.227 e. The van der Waals surface area contributed by atoms with Crippen LogP contribution in [0.25, 0.3) is 33.0 Å². The molecule has 2 aromatic carbocycles. The summed E-state index contributed by atoms with van der Waals surface area (Å²) in [5, 5.41) is 3.58. The van der Waals surface area contributed by atoms with Crippen LogP contribution in [-0.4, -0.2) is 4.98 Å². The lowest BCUT2D eigenvalue weighted by Gasteiger charge is -2.18. The largest absolute Gasteiger partial charge is 0.436 e. The van der Waals surface area contributed by atoms with Crippen LogP contribution < -0.4 is 0 Å². The van der Waals surface area contributed by atoms with E-state index in [9.17, 15) is 0 Å². The van der Waals surface area contributed by atoms with Crippen molar-refractivity contribution in [3.8, 4) is 11.5 Å². The van der Waals surface area contributed by atoms with Crippen molar-refractivity contribution in [2.45, 2.75) is 26.2 Å². The van der Waals surface area contributed by atoms with Crippen LogP contribution in [0.2, 0.25) is 0 Å². The average Bonchev–Trinajstić information content (AvgIpc) is 2.90. The van der Waals surface area contributed by atoms with Crippen molar-refractivity contribution in [2.75, 3.05) is 0 Å². The van der Waals surface area contributed by atoms with Gasteiger partial charge in [0.1, 0.15) is 5.52 Å². The topological polar surface area (TPSA) is 74.8 Å². The smallest absolute Gasteiger partial charge is 0.227 e. The lowest BCUT2D eigenvalue weighted by Crippen LogP contribution is -2.10. The number of oxazole rings is 1. The number of hydrogen-bond acceptors (Lipinski definition) is 3. The molecule has 0 unspecified atom stereocenters. The molecule has 0 fully saturated rings. The number of nitrogens with zero attached hydrogens (tertiary/aromatic N) is 4. The normalized spacial score (nSPS) is 11.4. The molecule has 0 aliphatic heterocycles. The van der Waals surface area contributed by atoms with Crippen LogP contribution in [0.15, 0.2) is 52.0 Å². The van der Waals surface area contributed by atoms with Crippen LogP contribution in [0, 0.1) is 0 Å². The number of hydrogen-bond donors (Lipinski definition) is 0. The molecule has 3 aromatic rings. The van der Waals surface area contributed by atoms with Gasteiger partial charge in [-0.15, -0.1) is 0 Å². The average molecular weight is 292 g/mol. The standard InChI is InChI=1S/C17H16N4O/c1-17(2,3)12-6-4-11(5-7-12)16-19-14-10-13(20-21-18)8-9-15(14)22-16/h4-10H,1-3H3. The van der Waals surface area contributed by atoms with Crippen molar-refractivity contribution in [1.82, 2.24) is 4.98 Å². The summed E-state index contributed by atoms with van der Waals surface area (Å²) in [6.07, 6.45) is 0. The Bertz CT molecular complexity index is 866. The Morgan fingerprint density at radius 3 is 2.45 bits per heavy atom. The zero-order valence-electron chi connectivity index (χ0n) is 12.7. The predicted octanol–water partition coefficient (Wildman–Crippen LogP) is 5.73. The summed E-state index contributed by atoms with van der Waals surface area (Å²) in [5.41, 5.74) is 12.7. The number of azide groups is 1. The first-order valence-electron chi connectivity index (χ1n) is 7.04. The van der Waals surface area contributed by atoms with E-state index in [1.807, 2.05) is 12.1 Å². The monoisotopic (exact) mass is 292 g/mol. The van der Waals surface area contributed by atoms with E-state index in [1.54, 1.807) is 18.2 Å². The number of fused-ring (bicyclic) bond motifs is 1. The Labute approximate surface area is 128 Å². The van der Waals surface area contributed by atoms with E-state index in [4.69, 9.17) is 9.95 Å². The first kappa shape index (κ1) is 14.2. The summed E-state index contributed by atoms with van der Waals surface area (Å²) >= 11 is 0. The summed E-state index contributed by atoms with van der Waals surface area (Å²) in [5.74, 6) is 0.563. The molecular formula is C17H16N4O. The second kappa shape index (κ2) is 5.20. The van der Waals surface area contributed by atoms with Gasteiger partial charge in [0.05, 0.1) is 0 Å². The lowest BCUT2D eigenvalue weighted by molar-refractivity contribution is 0.589. The molecule has 0 saturated carbocycles. The molecule has 5 nitrogen and oxygen atoms in total. The van der Waals surface area contributed by atoms with E-state index < -0.39 is 0 Å². The maximum absolute atomic E-state index is 8.48. The molecule has 5 heteroatoms. The van der Waals surface area contributed by atoms with Crippen LogP contribution in [0.3, 0.4) is 0 Å². The number of benzene rings is 2. The molecule has 22 heavy (non-hydrogen) atoms. The molecule has 0 aliphatic rings. The molecule has 0 aliphatic carbocycles. The van der Waals surface area contributed by atoms with Gasteiger partial charge in [0.2, 0.25) is 5.89 Å². The Morgan fingerprint density at radius 2 is 1.82 bits per heavy atom. The molecule has 0 radical (unpaired) electrons. The van der Waals surface area contributed by atoms with Crippen LogP contribution in [-0.2, 0) is 5.41 Å². The minimum absolute atomic E-state index is 0.115. The molecule has 0 bridgehead atoms. The van der Waals surface area contributed by atoms with Crippen LogP contribution in [0.1, 0.15) is 26.3 Å². The molecule has 1 heterocycles. The summed E-state index contributed by atoms with van der Waals surface area (Å²) < 4.78 is 5.77. The lowest BCUT2D eigenvalue weighted by atomic mass is 9.87. The highest BCUT2D eigenvalue weighted by Crippen LogP contribution is 2.29. The predicted molar refractivity (Wildman–Crippen MR) is 87.0 cm³/mol. The molecule has 3 rings (SSSR count). The highest BCUT2D eigenvalue weighted by atomic mass is 16.3. The van der Waals surface area contributed by atoms with Gasteiger partial charge in [0.15, 0.2) is 5.58 Å². The van der Waals surface area contributed by atoms with Gasteiger partial charge >= 0.3 is 0 Å². The van der Waals surface area contributed by atoms with Gasteiger partial charge < -0.3 is 4.42 Å². The number of rotatable bonds is 2. The van der Waals surface area contributed by atoms with Crippen LogP contribution >= 0.6 is 0 Å². The van der Waals surface area contributed by atoms with Crippen LogP contribution in [0.4, 0.5) is 5.69 Å². The fourth-order valence-corrected chi connectivity index (χ4v) is 2.27. The van der Waals surface area contributed by atoms with Gasteiger partial charge in [-0.25, -0.2) is 4.98 Å². The van der Waals surface area contributed by atoms with Gasteiger partial charge in [-0.2, -0.15) is 0 Å². The van der Waals surface area contributed by atoms with Crippen molar-refractivity contribution in [3.05, 3.63) is 58.5 Å². The van der Waals surface area contributed by atoms with Crippen molar-refractivity contribution >= 4 is 16.8 Å². The summed E-state index contributed by atoms with van der Waals surface area (Å²) in [6.45, 7) is 6.54. The highest BCUT2D eigenvalue weighted by molar-refractivity contribution is 5.79. The zero-order chi connectivity index (χ0) is 15.7. The van der Waals surface area contributed by atoms with Gasteiger partial charge in [-0.05, 0) is 46.8 Å². The third-order valence-electron chi connectivity index (χ3n) is 3.53. The van der Waals surface area contributed by atoms with E-state index in [1.165, 1.54) is 5.56 Å². The van der Waals surface area contributed by atoms with Crippen molar-refractivity contribution in [3.63, 3.8) is 0 Å². The van der Waals surface area contributed by atoms with Crippen LogP contribution in [0.5, 0.6) is 0 Å². The number of aromatic nitrogens is 1. The molecule has 0 atom stereocenters. The summed E-state index contributed by atoms with van der Waals surface area (Å²) in [7, 11) is 0. The van der Waals surface area contributed by atoms with E-state index >= 15 is 0 Å². The first-order chi connectivity index (χ1) is 10.5. The van der Waals surface area contributed by atoms with E-state index in [-0.39, 0.29) is 5.41 Å². The Morgan fingerprint density at radius 1 is 1.09 bits per heavy atom. The van der Waals surface area contributed by atoms with Gasteiger partial charge in [-0.3, -0.25) is 0 Å². The zero-order valence-corrected chi connectivity index (χ0v) is 12.7.